The Morgan fingerprint density at radius 1 is 1.81 bits per heavy atom. The molecule has 0 spiro atoms. The molecule has 1 aliphatic heterocycles. The van der Waals surface area contributed by atoms with E-state index in [1.54, 1.807) is 5.38 Å². The number of carbonyl (C=O) groups is 1. The van der Waals surface area contributed by atoms with E-state index in [4.69, 9.17) is 5.73 Å². The predicted octanol–water partition coefficient (Wildman–Crippen LogP) is 0.407. The average Bonchev–Trinajstić information content (AvgIpc) is 2.84. The smallest absolute Gasteiger partial charge is 0.270 e. The largest absolute Gasteiger partial charge is 0.375 e. The van der Waals surface area contributed by atoms with E-state index in [1.165, 1.54) is 11.3 Å². The summed E-state index contributed by atoms with van der Waals surface area (Å²) in [5, 5.41) is 5.02. The van der Waals surface area contributed by atoms with Crippen molar-refractivity contribution in [3.05, 3.63) is 11.1 Å². The molecule has 0 aliphatic carbocycles. The van der Waals surface area contributed by atoms with Crippen LogP contribution in [0.15, 0.2) is 5.38 Å². The van der Waals surface area contributed by atoms with E-state index in [9.17, 15) is 4.79 Å². The number of anilines is 1. The SMILES string of the molecule is CN1CCC(CNC(=O)c2csc(N)n2)C1. The van der Waals surface area contributed by atoms with E-state index in [0.29, 0.717) is 16.7 Å². The van der Waals surface area contributed by atoms with Gasteiger partial charge in [-0.3, -0.25) is 4.79 Å². The highest BCUT2D eigenvalue weighted by atomic mass is 32.1. The fourth-order valence-corrected chi connectivity index (χ4v) is 2.46. The lowest BCUT2D eigenvalue weighted by Crippen LogP contribution is -2.30. The van der Waals surface area contributed by atoms with Crippen LogP contribution in [0.25, 0.3) is 0 Å². The number of hydrogen-bond donors (Lipinski definition) is 2. The minimum atomic E-state index is -0.123. The van der Waals surface area contributed by atoms with Gasteiger partial charge in [0.1, 0.15) is 5.69 Å². The molecule has 3 N–H and O–H groups in total. The zero-order valence-electron chi connectivity index (χ0n) is 9.27. The van der Waals surface area contributed by atoms with Crippen molar-refractivity contribution in [1.82, 2.24) is 15.2 Å². The fourth-order valence-electron chi connectivity index (χ4n) is 1.91. The van der Waals surface area contributed by atoms with Crippen molar-refractivity contribution in [1.29, 1.82) is 0 Å². The summed E-state index contributed by atoms with van der Waals surface area (Å²) in [7, 11) is 2.10. The third-order valence-corrected chi connectivity index (χ3v) is 3.47. The van der Waals surface area contributed by atoms with E-state index in [-0.39, 0.29) is 5.91 Å². The van der Waals surface area contributed by atoms with Crippen LogP contribution in [0, 0.1) is 5.92 Å². The van der Waals surface area contributed by atoms with Gasteiger partial charge in [-0.15, -0.1) is 11.3 Å². The van der Waals surface area contributed by atoms with E-state index in [1.807, 2.05) is 0 Å². The van der Waals surface area contributed by atoms with Gasteiger partial charge in [-0.25, -0.2) is 4.98 Å². The quantitative estimate of drug-likeness (QED) is 0.802. The van der Waals surface area contributed by atoms with Crippen LogP contribution in [0.1, 0.15) is 16.9 Å². The monoisotopic (exact) mass is 240 g/mol. The van der Waals surface area contributed by atoms with Gasteiger partial charge in [0.25, 0.3) is 5.91 Å². The first kappa shape index (κ1) is 11.3. The van der Waals surface area contributed by atoms with Gasteiger partial charge >= 0.3 is 0 Å². The van der Waals surface area contributed by atoms with Crippen molar-refractivity contribution in [2.75, 3.05) is 32.4 Å². The molecule has 1 saturated heterocycles. The summed E-state index contributed by atoms with van der Waals surface area (Å²) in [5.41, 5.74) is 5.90. The summed E-state index contributed by atoms with van der Waals surface area (Å²) >= 11 is 1.29. The Kier molecular flexibility index (Phi) is 3.40. The molecule has 1 aromatic heterocycles. The molecular formula is C10H16N4OS. The minimum Gasteiger partial charge on any atom is -0.375 e. The summed E-state index contributed by atoms with van der Waals surface area (Å²) < 4.78 is 0. The van der Waals surface area contributed by atoms with Crippen LogP contribution in [0.5, 0.6) is 0 Å². The average molecular weight is 240 g/mol. The highest BCUT2D eigenvalue weighted by Gasteiger charge is 2.20. The van der Waals surface area contributed by atoms with Crippen molar-refractivity contribution in [3.63, 3.8) is 0 Å². The maximum absolute atomic E-state index is 11.7. The van der Waals surface area contributed by atoms with E-state index in [2.05, 4.69) is 22.2 Å². The van der Waals surface area contributed by atoms with Gasteiger partial charge in [0.15, 0.2) is 5.13 Å². The molecular weight excluding hydrogens is 224 g/mol. The molecule has 0 bridgehead atoms. The van der Waals surface area contributed by atoms with Gasteiger partial charge in [-0.1, -0.05) is 0 Å². The van der Waals surface area contributed by atoms with E-state index >= 15 is 0 Å². The van der Waals surface area contributed by atoms with Gasteiger partial charge in [0.2, 0.25) is 0 Å². The Balaban J connectivity index is 1.80. The number of thiazole rings is 1. The highest BCUT2D eigenvalue weighted by Crippen LogP contribution is 2.14. The molecule has 1 aliphatic rings. The lowest BCUT2D eigenvalue weighted by atomic mass is 10.1. The Morgan fingerprint density at radius 3 is 3.19 bits per heavy atom. The van der Waals surface area contributed by atoms with Crippen LogP contribution >= 0.6 is 11.3 Å². The highest BCUT2D eigenvalue weighted by molar-refractivity contribution is 7.13. The number of amides is 1. The first-order valence-corrected chi connectivity index (χ1v) is 6.21. The van der Waals surface area contributed by atoms with Gasteiger partial charge in [-0.05, 0) is 25.9 Å². The van der Waals surface area contributed by atoms with Crippen molar-refractivity contribution >= 4 is 22.4 Å². The van der Waals surface area contributed by atoms with Crippen molar-refractivity contribution in [2.24, 2.45) is 5.92 Å². The maximum Gasteiger partial charge on any atom is 0.270 e. The second-order valence-corrected chi connectivity index (χ2v) is 5.09. The number of likely N-dealkylation sites (tertiary alicyclic amines) is 1. The third kappa shape index (κ3) is 2.70. The number of nitrogens with two attached hydrogens (primary N) is 1. The molecule has 1 unspecified atom stereocenters. The standard InChI is InChI=1S/C10H16N4OS/c1-14-3-2-7(5-14)4-12-9(15)8-6-16-10(11)13-8/h6-7H,2-5H2,1H3,(H2,11,13)(H,12,15). The Hall–Kier alpha value is -1.14. The number of nitrogens with one attached hydrogen (secondary N) is 1. The first-order valence-electron chi connectivity index (χ1n) is 5.33. The molecule has 0 aromatic carbocycles. The lowest BCUT2D eigenvalue weighted by Gasteiger charge is -2.10. The Morgan fingerprint density at radius 2 is 2.62 bits per heavy atom. The molecule has 6 heteroatoms. The molecule has 0 radical (unpaired) electrons. The molecule has 5 nitrogen and oxygen atoms in total. The summed E-state index contributed by atoms with van der Waals surface area (Å²) in [6.45, 7) is 2.89. The Bertz CT molecular complexity index is 379. The molecule has 88 valence electrons. The zero-order valence-corrected chi connectivity index (χ0v) is 10.1. The van der Waals surface area contributed by atoms with Crippen LogP contribution in [0.4, 0.5) is 5.13 Å². The second-order valence-electron chi connectivity index (χ2n) is 4.20. The molecule has 1 amide bonds. The number of aromatic nitrogens is 1. The molecule has 1 fully saturated rings. The molecule has 1 atom stereocenters. The summed E-state index contributed by atoms with van der Waals surface area (Å²) in [4.78, 5) is 17.9. The van der Waals surface area contributed by atoms with Crippen LogP contribution in [-0.2, 0) is 0 Å². The normalized spacial score (nSPS) is 21.2. The Labute approximate surface area is 98.7 Å². The number of nitrogen functional groups attached to an aromatic ring is 1. The van der Waals surface area contributed by atoms with Crippen molar-refractivity contribution in [2.45, 2.75) is 6.42 Å². The second kappa shape index (κ2) is 4.80. The number of hydrogen-bond acceptors (Lipinski definition) is 5. The maximum atomic E-state index is 11.7. The van der Waals surface area contributed by atoms with Crippen LogP contribution in [0.2, 0.25) is 0 Å². The van der Waals surface area contributed by atoms with Gasteiger partial charge < -0.3 is 16.0 Å². The summed E-state index contributed by atoms with van der Waals surface area (Å²) in [5.74, 6) is 0.437. The topological polar surface area (TPSA) is 71.2 Å². The molecule has 2 rings (SSSR count). The van der Waals surface area contributed by atoms with Gasteiger partial charge in [-0.2, -0.15) is 0 Å². The van der Waals surface area contributed by atoms with Gasteiger partial charge in [0, 0.05) is 18.5 Å². The van der Waals surface area contributed by atoms with E-state index in [0.717, 1.165) is 26.1 Å². The first-order chi connectivity index (χ1) is 7.65. The van der Waals surface area contributed by atoms with Crippen molar-refractivity contribution < 1.29 is 4.79 Å². The van der Waals surface area contributed by atoms with Crippen molar-refractivity contribution in [3.8, 4) is 0 Å². The zero-order chi connectivity index (χ0) is 11.5. The minimum absolute atomic E-state index is 0.123. The number of nitrogens with zero attached hydrogens (tertiary/aromatic N) is 2. The molecule has 1 aromatic rings. The molecule has 16 heavy (non-hydrogen) atoms. The number of carbonyl (C=O) groups excluding carboxylic acids is 1. The molecule has 0 saturated carbocycles. The third-order valence-electron chi connectivity index (χ3n) is 2.79. The lowest BCUT2D eigenvalue weighted by molar-refractivity contribution is 0.0943. The number of rotatable bonds is 3. The fraction of sp³-hybridized carbons (Fsp3) is 0.600. The predicted molar refractivity (Wildman–Crippen MR) is 64.5 cm³/mol. The van der Waals surface area contributed by atoms with Crippen LogP contribution in [0.3, 0.4) is 0 Å². The summed E-state index contributed by atoms with van der Waals surface area (Å²) in [6.07, 6.45) is 1.15. The molecule has 2 heterocycles. The van der Waals surface area contributed by atoms with Crippen LogP contribution < -0.4 is 11.1 Å². The summed E-state index contributed by atoms with van der Waals surface area (Å²) in [6, 6.07) is 0. The van der Waals surface area contributed by atoms with Gasteiger partial charge in [0.05, 0.1) is 0 Å². The van der Waals surface area contributed by atoms with E-state index < -0.39 is 0 Å². The van der Waals surface area contributed by atoms with Crippen LogP contribution in [-0.4, -0.2) is 42.5 Å².